The zero-order valence-corrected chi connectivity index (χ0v) is 25.7. The number of hydrogen-bond acceptors (Lipinski definition) is 5. The van der Waals surface area contributed by atoms with Crippen LogP contribution in [-0.2, 0) is 4.79 Å². The lowest BCUT2D eigenvalue weighted by atomic mass is 10.0. The third kappa shape index (κ3) is 7.81. The fourth-order valence-corrected chi connectivity index (χ4v) is 5.07. The number of nitrogens with zero attached hydrogens (tertiary/aromatic N) is 4. The molecule has 7 nitrogen and oxygen atoms in total. The predicted molar refractivity (Wildman–Crippen MR) is 167 cm³/mol. The molecule has 1 amide bonds. The van der Waals surface area contributed by atoms with Gasteiger partial charge in [-0.05, 0) is 68.0 Å². The molecule has 42 heavy (non-hydrogen) atoms. The van der Waals surface area contributed by atoms with E-state index in [1.54, 1.807) is 24.3 Å². The van der Waals surface area contributed by atoms with Gasteiger partial charge in [-0.1, -0.05) is 59.2 Å². The molecule has 1 atom stereocenters. The molecule has 2 aromatic rings. The Bertz CT molecular complexity index is 1390. The maximum atomic E-state index is 15.3. The van der Waals surface area contributed by atoms with Crippen molar-refractivity contribution in [3.8, 4) is 11.3 Å². The van der Waals surface area contributed by atoms with Crippen molar-refractivity contribution in [2.45, 2.75) is 72.8 Å². The first-order valence-electron chi connectivity index (χ1n) is 14.8. The summed E-state index contributed by atoms with van der Waals surface area (Å²) in [5.74, 6) is -0.732. The van der Waals surface area contributed by atoms with Crippen molar-refractivity contribution in [1.29, 1.82) is 0 Å². The van der Waals surface area contributed by atoms with Gasteiger partial charge in [-0.3, -0.25) is 9.78 Å². The van der Waals surface area contributed by atoms with Gasteiger partial charge in [-0.2, -0.15) is 0 Å². The number of allylic oxidation sites excluding steroid dienone is 3. The Kier molecular flexibility index (Phi) is 11.4. The number of carbonyl (C=O) groups is 2. The summed E-state index contributed by atoms with van der Waals surface area (Å²) in [7, 11) is 1.90. The predicted octanol–water partition coefficient (Wildman–Crippen LogP) is 7.57. The van der Waals surface area contributed by atoms with Gasteiger partial charge in [0, 0.05) is 42.7 Å². The maximum absolute atomic E-state index is 15.3. The first-order chi connectivity index (χ1) is 20.0. The lowest BCUT2D eigenvalue weighted by Gasteiger charge is -2.32. The molecule has 0 saturated carbocycles. The fourth-order valence-electron chi connectivity index (χ4n) is 5.07. The van der Waals surface area contributed by atoms with E-state index in [4.69, 9.17) is 10.1 Å². The lowest BCUT2D eigenvalue weighted by Crippen LogP contribution is -2.43. The quantitative estimate of drug-likeness (QED) is 0.369. The molecule has 0 aliphatic carbocycles. The molecular weight excluding hydrogens is 531 g/mol. The molecule has 0 bridgehead atoms. The Morgan fingerprint density at radius 2 is 1.90 bits per heavy atom. The normalized spacial score (nSPS) is 18.1. The van der Waals surface area contributed by atoms with Crippen LogP contribution >= 0.6 is 0 Å². The third-order valence-electron chi connectivity index (χ3n) is 7.39. The lowest BCUT2D eigenvalue weighted by molar-refractivity contribution is -0.125. The summed E-state index contributed by atoms with van der Waals surface area (Å²) in [5.41, 5.74) is 3.14. The number of carboxylic acid groups (broad SMARTS) is 1. The molecule has 4 rings (SSSR count). The highest BCUT2D eigenvalue weighted by molar-refractivity contribution is 6.43. The summed E-state index contributed by atoms with van der Waals surface area (Å²) in [6.45, 7) is 15.2. The number of likely N-dealkylation sites (tertiary alicyclic amines) is 1. The number of aromatic nitrogens is 1. The van der Waals surface area contributed by atoms with Gasteiger partial charge in [0.05, 0.1) is 11.3 Å². The van der Waals surface area contributed by atoms with Crippen molar-refractivity contribution in [2.24, 2.45) is 10.9 Å². The molecule has 224 valence electrons. The van der Waals surface area contributed by atoms with Crippen LogP contribution in [0.15, 0.2) is 71.8 Å². The van der Waals surface area contributed by atoms with E-state index in [1.165, 1.54) is 18.3 Å². The first-order valence-corrected chi connectivity index (χ1v) is 14.8. The van der Waals surface area contributed by atoms with E-state index >= 15 is 4.39 Å². The monoisotopic (exact) mass is 574 g/mol. The standard InChI is InChI=1S/C32H37FN4O3.C2H6/c1-20(2)15-25-18-29(31(38)37-14-8-6-7-9-22(37)4)35-30(36(25)5)16-21(3)26-12-10-23(17-27(26)33)28-13-11-24(19-34-28)32(39)40;1-2/h10-13,16-20,22H,3,6-9,14-15H2,1-2,4-5H3,(H,39,40);1-2H3/b30-16-;. The van der Waals surface area contributed by atoms with Crippen molar-refractivity contribution in [3.05, 3.63) is 83.7 Å². The van der Waals surface area contributed by atoms with Gasteiger partial charge in [0.25, 0.3) is 5.91 Å². The Labute approximate surface area is 249 Å². The summed E-state index contributed by atoms with van der Waals surface area (Å²) in [5, 5.41) is 9.08. The summed E-state index contributed by atoms with van der Waals surface area (Å²) in [6, 6.07) is 7.84. The van der Waals surface area contributed by atoms with E-state index in [-0.39, 0.29) is 17.5 Å². The molecule has 0 radical (unpaired) electrons. The van der Waals surface area contributed by atoms with E-state index in [0.29, 0.717) is 39.8 Å². The van der Waals surface area contributed by atoms with Gasteiger partial charge in [-0.25, -0.2) is 14.2 Å². The molecular formula is C34H43FN4O3. The molecule has 1 saturated heterocycles. The molecule has 1 N–H and O–H groups in total. The number of pyridine rings is 1. The van der Waals surface area contributed by atoms with Crippen molar-refractivity contribution >= 4 is 23.2 Å². The van der Waals surface area contributed by atoms with Crippen LogP contribution in [0.3, 0.4) is 0 Å². The summed E-state index contributed by atoms with van der Waals surface area (Å²) in [6.07, 6.45) is 9.82. The molecule has 1 fully saturated rings. The van der Waals surface area contributed by atoms with Crippen LogP contribution in [0.25, 0.3) is 16.8 Å². The van der Waals surface area contributed by atoms with E-state index in [1.807, 2.05) is 36.8 Å². The Morgan fingerprint density at radius 3 is 2.52 bits per heavy atom. The van der Waals surface area contributed by atoms with Gasteiger partial charge in [0.15, 0.2) is 0 Å². The van der Waals surface area contributed by atoms with Crippen molar-refractivity contribution < 1.29 is 19.1 Å². The summed E-state index contributed by atoms with van der Waals surface area (Å²) < 4.78 is 15.3. The number of halogens is 1. The van der Waals surface area contributed by atoms with Crippen molar-refractivity contribution in [2.75, 3.05) is 13.6 Å². The van der Waals surface area contributed by atoms with Crippen molar-refractivity contribution in [3.63, 3.8) is 0 Å². The minimum Gasteiger partial charge on any atom is -0.478 e. The molecule has 8 heteroatoms. The molecule has 1 aromatic heterocycles. The van der Waals surface area contributed by atoms with E-state index < -0.39 is 11.8 Å². The molecule has 0 spiro atoms. The zero-order valence-electron chi connectivity index (χ0n) is 25.7. The number of hydrogen-bond donors (Lipinski definition) is 1. The highest BCUT2D eigenvalue weighted by Gasteiger charge is 2.28. The van der Waals surface area contributed by atoms with Gasteiger partial charge in [0.2, 0.25) is 0 Å². The number of carboxylic acids is 1. The molecule has 2 aliphatic rings. The molecule has 2 aliphatic heterocycles. The minimum atomic E-state index is -1.07. The Balaban J connectivity index is 0.00000237. The number of aliphatic imine (C=N–C) groups is 1. The van der Waals surface area contributed by atoms with E-state index in [0.717, 1.165) is 44.3 Å². The number of benzene rings is 1. The van der Waals surface area contributed by atoms with Crippen LogP contribution in [0.1, 0.15) is 82.6 Å². The van der Waals surface area contributed by atoms with Gasteiger partial charge in [-0.15, -0.1) is 0 Å². The van der Waals surface area contributed by atoms with Crippen LogP contribution in [0.4, 0.5) is 4.39 Å². The molecule has 3 heterocycles. The third-order valence-corrected chi connectivity index (χ3v) is 7.39. The van der Waals surface area contributed by atoms with Crippen LogP contribution in [0.5, 0.6) is 0 Å². The fraction of sp³-hybridized carbons (Fsp3) is 0.412. The number of aromatic carboxylic acids is 1. The van der Waals surface area contributed by atoms with E-state index in [2.05, 4.69) is 32.3 Å². The number of carbonyl (C=O) groups excluding carboxylic acids is 1. The van der Waals surface area contributed by atoms with Crippen LogP contribution in [0.2, 0.25) is 0 Å². The first kappa shape index (κ1) is 32.4. The Morgan fingerprint density at radius 1 is 1.17 bits per heavy atom. The van der Waals surface area contributed by atoms with E-state index in [9.17, 15) is 9.59 Å². The highest BCUT2D eigenvalue weighted by Crippen LogP contribution is 2.29. The largest absolute Gasteiger partial charge is 0.478 e. The average Bonchev–Trinajstić information content (AvgIpc) is 3.19. The maximum Gasteiger partial charge on any atom is 0.337 e. The highest BCUT2D eigenvalue weighted by atomic mass is 19.1. The Hall–Kier alpha value is -4.07. The zero-order chi connectivity index (χ0) is 31.0. The van der Waals surface area contributed by atoms with Crippen molar-refractivity contribution in [1.82, 2.24) is 14.8 Å². The second-order valence-electron chi connectivity index (χ2n) is 10.9. The van der Waals surface area contributed by atoms with Crippen LogP contribution in [-0.4, -0.2) is 57.1 Å². The number of amides is 1. The second-order valence-corrected chi connectivity index (χ2v) is 10.9. The smallest absolute Gasteiger partial charge is 0.337 e. The number of rotatable bonds is 7. The molecule has 1 unspecified atom stereocenters. The van der Waals surface area contributed by atoms with Gasteiger partial charge >= 0.3 is 5.97 Å². The summed E-state index contributed by atoms with van der Waals surface area (Å²) in [4.78, 5) is 37.5. The SMILES string of the molecule is C=C(/C=C1/N=C(C(=O)N2CCCCCC2C)C=C(CC(C)C)N1C)c1ccc(-c2ccc(C(=O)O)cn2)cc1F.CC. The van der Waals surface area contributed by atoms with Gasteiger partial charge < -0.3 is 14.9 Å². The van der Waals surface area contributed by atoms with Gasteiger partial charge in [0.1, 0.15) is 17.3 Å². The topological polar surface area (TPSA) is 86.1 Å². The van der Waals surface area contributed by atoms with Crippen LogP contribution in [0, 0.1) is 11.7 Å². The summed E-state index contributed by atoms with van der Waals surface area (Å²) >= 11 is 0. The minimum absolute atomic E-state index is 0.0621. The van der Waals surface area contributed by atoms with Crippen LogP contribution < -0.4 is 0 Å². The second kappa shape index (κ2) is 14.7. The molecule has 1 aromatic carbocycles. The average molecular weight is 575 g/mol.